The van der Waals surface area contributed by atoms with Gasteiger partial charge in [-0.05, 0) is 106 Å². The van der Waals surface area contributed by atoms with Crippen molar-refractivity contribution < 1.29 is 4.79 Å². The van der Waals surface area contributed by atoms with E-state index in [4.69, 9.17) is 0 Å². The van der Waals surface area contributed by atoms with Crippen molar-refractivity contribution in [3.8, 4) is 11.8 Å². The fourth-order valence-corrected chi connectivity index (χ4v) is 5.86. The third kappa shape index (κ3) is 6.24. The van der Waals surface area contributed by atoms with Gasteiger partial charge >= 0.3 is 0 Å². The Hall–Kier alpha value is -3.13. The Bertz CT molecular complexity index is 1290. The van der Waals surface area contributed by atoms with Crippen LogP contribution in [-0.2, 0) is 0 Å². The highest BCUT2D eigenvalue weighted by Crippen LogP contribution is 2.28. The summed E-state index contributed by atoms with van der Waals surface area (Å²) in [6.07, 6.45) is 4.96. The van der Waals surface area contributed by atoms with Crippen molar-refractivity contribution in [1.29, 1.82) is 0 Å². The normalized spacial score (nSPS) is 18.2. The predicted octanol–water partition coefficient (Wildman–Crippen LogP) is 5.70. The minimum Gasteiger partial charge on any atom is -0.345 e. The van der Waals surface area contributed by atoms with Crippen molar-refractivity contribution in [2.75, 3.05) is 32.7 Å². The van der Waals surface area contributed by atoms with E-state index in [9.17, 15) is 4.79 Å². The number of aryl methyl sites for hydroxylation is 1. The molecule has 2 aliphatic heterocycles. The fourth-order valence-electron chi connectivity index (χ4n) is 5.86. The van der Waals surface area contributed by atoms with Crippen LogP contribution in [0.25, 0.3) is 10.8 Å². The highest BCUT2D eigenvalue weighted by Gasteiger charge is 2.22. The first-order valence-electron chi connectivity index (χ1n) is 13.9. The summed E-state index contributed by atoms with van der Waals surface area (Å²) in [5.41, 5.74) is 3.91. The van der Waals surface area contributed by atoms with Gasteiger partial charge in [-0.1, -0.05) is 60.4 Å². The second-order valence-electron chi connectivity index (χ2n) is 10.8. The van der Waals surface area contributed by atoms with E-state index in [-0.39, 0.29) is 11.9 Å². The van der Waals surface area contributed by atoms with Gasteiger partial charge in [0.05, 0.1) is 6.04 Å². The molecule has 0 unspecified atom stereocenters. The first-order chi connectivity index (χ1) is 18.1. The number of carbonyl (C=O) groups excluding carboxylic acids is 1. The van der Waals surface area contributed by atoms with Crippen LogP contribution < -0.4 is 10.6 Å². The predicted molar refractivity (Wildman–Crippen MR) is 153 cm³/mol. The number of hydrogen-bond acceptors (Lipinski definition) is 3. The molecule has 4 heteroatoms. The van der Waals surface area contributed by atoms with E-state index in [1.807, 2.05) is 31.2 Å². The molecule has 0 bridgehead atoms. The SMILES string of the molecule is Cc1ccccc1C(=O)N[C@H](C)c1ccc(C#CC2CCN(CC3CCNCC3)CC2)c2ccccc12. The Morgan fingerprint density at radius 2 is 1.68 bits per heavy atom. The summed E-state index contributed by atoms with van der Waals surface area (Å²) in [5.74, 6) is 8.43. The Morgan fingerprint density at radius 3 is 2.43 bits per heavy atom. The van der Waals surface area contributed by atoms with Gasteiger partial charge in [0, 0.05) is 23.6 Å². The van der Waals surface area contributed by atoms with Gasteiger partial charge in [-0.15, -0.1) is 0 Å². The van der Waals surface area contributed by atoms with Crippen LogP contribution in [0.2, 0.25) is 0 Å². The minimum atomic E-state index is -0.108. The number of nitrogens with one attached hydrogen (secondary N) is 2. The zero-order valence-corrected chi connectivity index (χ0v) is 22.2. The number of piperidine rings is 2. The number of benzene rings is 3. The number of amides is 1. The van der Waals surface area contributed by atoms with Crippen LogP contribution in [0, 0.1) is 30.6 Å². The van der Waals surface area contributed by atoms with Gasteiger partial charge in [0.2, 0.25) is 0 Å². The quantitative estimate of drug-likeness (QED) is 0.448. The number of hydrogen-bond donors (Lipinski definition) is 2. The van der Waals surface area contributed by atoms with Crippen LogP contribution in [-0.4, -0.2) is 43.5 Å². The first kappa shape index (κ1) is 25.5. The minimum absolute atomic E-state index is 0.0370. The van der Waals surface area contributed by atoms with Crippen molar-refractivity contribution in [2.45, 2.75) is 45.6 Å². The first-order valence-corrected chi connectivity index (χ1v) is 13.9. The maximum Gasteiger partial charge on any atom is 0.252 e. The summed E-state index contributed by atoms with van der Waals surface area (Å²) in [4.78, 5) is 15.6. The lowest BCUT2D eigenvalue weighted by Gasteiger charge is -2.34. The largest absolute Gasteiger partial charge is 0.345 e. The third-order valence-electron chi connectivity index (χ3n) is 8.14. The molecule has 1 atom stereocenters. The zero-order valence-electron chi connectivity index (χ0n) is 22.2. The van der Waals surface area contributed by atoms with Crippen LogP contribution in [0.3, 0.4) is 0 Å². The van der Waals surface area contributed by atoms with Crippen LogP contribution in [0.5, 0.6) is 0 Å². The van der Waals surface area contributed by atoms with E-state index in [0.29, 0.717) is 5.92 Å². The molecular formula is C33H39N3O. The smallest absolute Gasteiger partial charge is 0.252 e. The Kier molecular flexibility index (Phi) is 8.24. The van der Waals surface area contributed by atoms with Crippen LogP contribution in [0.15, 0.2) is 60.7 Å². The maximum atomic E-state index is 12.9. The van der Waals surface area contributed by atoms with Crippen molar-refractivity contribution >= 4 is 16.7 Å². The third-order valence-corrected chi connectivity index (χ3v) is 8.14. The molecule has 5 rings (SSSR count). The van der Waals surface area contributed by atoms with Gasteiger partial charge in [-0.25, -0.2) is 0 Å². The number of likely N-dealkylation sites (tertiary alicyclic amines) is 1. The van der Waals surface area contributed by atoms with Gasteiger partial charge in [0.25, 0.3) is 5.91 Å². The highest BCUT2D eigenvalue weighted by atomic mass is 16.1. The lowest BCUT2D eigenvalue weighted by molar-refractivity contribution is 0.0939. The monoisotopic (exact) mass is 493 g/mol. The van der Waals surface area contributed by atoms with Crippen molar-refractivity contribution in [3.63, 3.8) is 0 Å². The fraction of sp³-hybridized carbons (Fsp3) is 0.424. The average molecular weight is 494 g/mol. The van der Waals surface area contributed by atoms with Gasteiger partial charge in [0.15, 0.2) is 0 Å². The van der Waals surface area contributed by atoms with Crippen molar-refractivity contribution in [2.24, 2.45) is 11.8 Å². The van der Waals surface area contributed by atoms with Gasteiger partial charge in [0.1, 0.15) is 0 Å². The second kappa shape index (κ2) is 11.9. The van der Waals surface area contributed by atoms with Crippen molar-refractivity contribution in [1.82, 2.24) is 15.5 Å². The molecule has 0 saturated carbocycles. The topological polar surface area (TPSA) is 44.4 Å². The summed E-state index contributed by atoms with van der Waals surface area (Å²) in [7, 11) is 0. The number of nitrogens with zero attached hydrogens (tertiary/aromatic N) is 1. The summed E-state index contributed by atoms with van der Waals surface area (Å²) in [6.45, 7) is 9.98. The lowest BCUT2D eigenvalue weighted by atomic mass is 9.92. The molecule has 3 aromatic rings. The standard InChI is InChI=1S/C33H39N3O/c1-24-7-3-4-8-29(24)33(37)35-25(2)30-14-13-28(31-9-5-6-10-32(30)31)12-11-26-17-21-36(22-18-26)23-27-15-19-34-20-16-27/h3-10,13-14,25-27,34H,15-23H2,1-2H3,(H,35,37)/t25-/m1/s1. The summed E-state index contributed by atoms with van der Waals surface area (Å²) in [5, 5.41) is 8.99. The molecule has 0 aromatic heterocycles. The zero-order chi connectivity index (χ0) is 25.6. The molecule has 0 aliphatic carbocycles. The Labute approximate surface area is 221 Å². The number of fused-ring (bicyclic) bond motifs is 1. The van der Waals surface area contributed by atoms with Gasteiger partial charge in [-0.2, -0.15) is 0 Å². The molecule has 2 saturated heterocycles. The summed E-state index contributed by atoms with van der Waals surface area (Å²) in [6, 6.07) is 20.3. The van der Waals surface area contributed by atoms with E-state index in [2.05, 4.69) is 70.7 Å². The molecule has 0 radical (unpaired) electrons. The van der Waals surface area contributed by atoms with E-state index in [1.54, 1.807) is 0 Å². The molecule has 2 N–H and O–H groups in total. The average Bonchev–Trinajstić information content (AvgIpc) is 2.93. The van der Waals surface area contributed by atoms with E-state index >= 15 is 0 Å². The molecule has 37 heavy (non-hydrogen) atoms. The molecule has 4 nitrogen and oxygen atoms in total. The van der Waals surface area contributed by atoms with Crippen LogP contribution in [0.1, 0.15) is 65.7 Å². The van der Waals surface area contributed by atoms with Crippen LogP contribution >= 0.6 is 0 Å². The van der Waals surface area contributed by atoms with E-state index < -0.39 is 0 Å². The summed E-state index contributed by atoms with van der Waals surface area (Å²) >= 11 is 0. The summed E-state index contributed by atoms with van der Waals surface area (Å²) < 4.78 is 0. The Morgan fingerprint density at radius 1 is 0.973 bits per heavy atom. The molecule has 1 amide bonds. The van der Waals surface area contributed by atoms with E-state index in [0.717, 1.165) is 51.8 Å². The lowest BCUT2D eigenvalue weighted by Crippen LogP contribution is -2.40. The number of carbonyl (C=O) groups is 1. The van der Waals surface area contributed by atoms with Crippen molar-refractivity contribution in [3.05, 3.63) is 82.9 Å². The number of rotatable bonds is 5. The molecule has 0 spiro atoms. The molecule has 2 fully saturated rings. The molecule has 3 aromatic carbocycles. The van der Waals surface area contributed by atoms with Crippen LogP contribution in [0.4, 0.5) is 0 Å². The van der Waals surface area contributed by atoms with Gasteiger partial charge in [-0.3, -0.25) is 4.79 Å². The van der Waals surface area contributed by atoms with Gasteiger partial charge < -0.3 is 15.5 Å². The van der Waals surface area contributed by atoms with E-state index in [1.165, 1.54) is 45.6 Å². The molecule has 2 aliphatic rings. The molecule has 192 valence electrons. The molecular weight excluding hydrogens is 454 g/mol. The highest BCUT2D eigenvalue weighted by molar-refractivity contribution is 5.97. The molecule has 2 heterocycles. The second-order valence-corrected chi connectivity index (χ2v) is 10.8. The maximum absolute atomic E-state index is 12.9. The Balaban J connectivity index is 1.26.